The molecule has 23 heavy (non-hydrogen) atoms. The highest BCUT2D eigenvalue weighted by molar-refractivity contribution is 6.77. The van der Waals surface area contributed by atoms with Crippen molar-refractivity contribution in [3.63, 3.8) is 0 Å². The summed E-state index contributed by atoms with van der Waals surface area (Å²) >= 11 is 0. The van der Waals surface area contributed by atoms with Crippen molar-refractivity contribution in [3.8, 4) is 0 Å². The van der Waals surface area contributed by atoms with Crippen LogP contribution in [0.25, 0.3) is 0 Å². The summed E-state index contributed by atoms with van der Waals surface area (Å²) in [6.07, 6.45) is 2.70. The molecule has 3 nitrogen and oxygen atoms in total. The van der Waals surface area contributed by atoms with E-state index in [2.05, 4.69) is 64.1 Å². The van der Waals surface area contributed by atoms with Crippen LogP contribution in [-0.4, -0.2) is 65.8 Å². The zero-order chi connectivity index (χ0) is 17.7. The van der Waals surface area contributed by atoms with Gasteiger partial charge < -0.3 is 13.9 Å². The normalized spacial score (nSPS) is 19.8. The lowest BCUT2D eigenvalue weighted by atomic mass is 10.2. The Kier molecular flexibility index (Phi) is 7.99. The first-order valence-electron chi connectivity index (χ1n) is 9.55. The lowest BCUT2D eigenvalue weighted by Gasteiger charge is -2.49. The summed E-state index contributed by atoms with van der Waals surface area (Å²) in [5.74, 6) is 0. The maximum Gasteiger partial charge on any atom is 0.162 e. The Labute approximate surface area is 149 Å². The minimum absolute atomic E-state index is 0.0757. The molecule has 0 N–H and O–H groups in total. The van der Waals surface area contributed by atoms with Crippen LogP contribution in [0.2, 0.25) is 24.2 Å². The van der Waals surface area contributed by atoms with E-state index < -0.39 is 8.24 Å². The zero-order valence-corrected chi connectivity index (χ0v) is 19.6. The van der Waals surface area contributed by atoms with E-state index in [4.69, 9.17) is 4.43 Å². The Hall–Kier alpha value is 0.314. The average Bonchev–Trinajstić information content (AvgIpc) is 2.41. The molecule has 1 heterocycles. The van der Waals surface area contributed by atoms with Crippen LogP contribution in [0.3, 0.4) is 0 Å². The van der Waals surface area contributed by atoms with Gasteiger partial charge in [0, 0.05) is 31.8 Å². The van der Waals surface area contributed by atoms with Gasteiger partial charge in [0.25, 0.3) is 0 Å². The Morgan fingerprint density at radius 3 is 1.96 bits per heavy atom. The largest absolute Gasteiger partial charge is 0.419 e. The third kappa shape index (κ3) is 7.38. The predicted octanol–water partition coefficient (Wildman–Crippen LogP) is 3.71. The van der Waals surface area contributed by atoms with Gasteiger partial charge in [-0.2, -0.15) is 0 Å². The van der Waals surface area contributed by atoms with Crippen molar-refractivity contribution in [2.24, 2.45) is 0 Å². The van der Waals surface area contributed by atoms with Crippen LogP contribution >= 0.6 is 0 Å². The third-order valence-electron chi connectivity index (χ3n) is 5.65. The van der Waals surface area contributed by atoms with E-state index >= 15 is 0 Å². The molecule has 1 saturated heterocycles. The number of piperazine rings is 1. The highest BCUT2D eigenvalue weighted by atomic mass is 28.3. The highest BCUT2D eigenvalue weighted by Gasteiger charge is 2.41. The fourth-order valence-corrected chi connectivity index (χ4v) is 6.58. The summed E-state index contributed by atoms with van der Waals surface area (Å²) in [4.78, 5) is 2.68. The van der Waals surface area contributed by atoms with Crippen LogP contribution in [0.15, 0.2) is 0 Å². The highest BCUT2D eigenvalue weighted by Crippen LogP contribution is 2.38. The number of hydrogen-bond donors (Lipinski definition) is 0. The topological polar surface area (TPSA) is 15.7 Å². The van der Waals surface area contributed by atoms with E-state index in [1.807, 2.05) is 0 Å². The van der Waals surface area contributed by atoms with Crippen molar-refractivity contribution in [1.29, 1.82) is 0 Å². The standard InChI is InChI=1S/C18H42N2OSi2/c1-17(2,3)21-22-16-10-9-11-19-12-14-20(15-13-19)23(7,8)18(4,5)6/h9-16,22H2,1-8H3. The first-order valence-corrected chi connectivity index (χ1v) is 14.1. The molecule has 0 atom stereocenters. The van der Waals surface area contributed by atoms with Gasteiger partial charge in [-0.3, -0.25) is 0 Å². The van der Waals surface area contributed by atoms with Gasteiger partial charge in [-0.05, 0) is 44.8 Å². The molecule has 0 radical (unpaired) electrons. The number of hydrogen-bond acceptors (Lipinski definition) is 3. The summed E-state index contributed by atoms with van der Waals surface area (Å²) in [6.45, 7) is 25.2. The Balaban J connectivity index is 2.18. The quantitative estimate of drug-likeness (QED) is 0.510. The van der Waals surface area contributed by atoms with Crippen LogP contribution in [0.4, 0.5) is 0 Å². The molecule has 1 rings (SSSR count). The van der Waals surface area contributed by atoms with Crippen molar-refractivity contribution in [2.45, 2.75) is 84.2 Å². The van der Waals surface area contributed by atoms with Crippen molar-refractivity contribution in [3.05, 3.63) is 0 Å². The van der Waals surface area contributed by atoms with E-state index in [0.717, 1.165) is 0 Å². The number of nitrogens with zero attached hydrogens (tertiary/aromatic N) is 2. The van der Waals surface area contributed by atoms with Gasteiger partial charge in [0.1, 0.15) is 8.24 Å². The average molecular weight is 359 g/mol. The SMILES string of the molecule is CC(C)(C)O[SiH2]CCCCN1CCN([Si](C)(C)C(C)(C)C)CC1. The van der Waals surface area contributed by atoms with E-state index in [-0.39, 0.29) is 15.4 Å². The summed E-state index contributed by atoms with van der Waals surface area (Å²) in [5, 5.41) is 0.465. The fourth-order valence-electron chi connectivity index (χ4n) is 3.00. The maximum atomic E-state index is 5.93. The molecule has 5 heteroatoms. The smallest absolute Gasteiger partial charge is 0.162 e. The molecule has 1 aliphatic rings. The van der Waals surface area contributed by atoms with Crippen molar-refractivity contribution >= 4 is 18.0 Å². The van der Waals surface area contributed by atoms with Crippen LogP contribution in [-0.2, 0) is 4.43 Å². The Morgan fingerprint density at radius 1 is 0.913 bits per heavy atom. The van der Waals surface area contributed by atoms with Crippen LogP contribution in [0.1, 0.15) is 54.4 Å². The molecule has 0 amide bonds. The van der Waals surface area contributed by atoms with Gasteiger partial charge >= 0.3 is 0 Å². The molecule has 0 aromatic heterocycles. The van der Waals surface area contributed by atoms with Gasteiger partial charge in [-0.15, -0.1) is 0 Å². The molecule has 0 unspecified atom stereocenters. The van der Waals surface area contributed by atoms with Gasteiger partial charge in [0.15, 0.2) is 9.76 Å². The van der Waals surface area contributed by atoms with Crippen LogP contribution in [0, 0.1) is 0 Å². The van der Waals surface area contributed by atoms with Crippen LogP contribution in [0.5, 0.6) is 0 Å². The van der Waals surface area contributed by atoms with Gasteiger partial charge in [0.2, 0.25) is 0 Å². The van der Waals surface area contributed by atoms with Crippen LogP contribution < -0.4 is 0 Å². The Morgan fingerprint density at radius 2 is 1.48 bits per heavy atom. The van der Waals surface area contributed by atoms with E-state index in [1.165, 1.54) is 51.6 Å². The van der Waals surface area contributed by atoms with Crippen molar-refractivity contribution < 1.29 is 4.43 Å². The summed E-state index contributed by atoms with van der Waals surface area (Å²) in [5.41, 5.74) is 0.0757. The molecule has 1 aliphatic heterocycles. The molecule has 0 saturated carbocycles. The van der Waals surface area contributed by atoms with Crippen molar-refractivity contribution in [1.82, 2.24) is 9.47 Å². The monoisotopic (exact) mass is 358 g/mol. The predicted molar refractivity (Wildman–Crippen MR) is 109 cm³/mol. The molecular formula is C18H42N2OSi2. The fraction of sp³-hybridized carbons (Fsp3) is 1.00. The lowest BCUT2D eigenvalue weighted by Crippen LogP contribution is -2.61. The number of unbranched alkanes of at least 4 members (excludes halogenated alkanes) is 1. The van der Waals surface area contributed by atoms with Crippen molar-refractivity contribution in [2.75, 3.05) is 32.7 Å². The lowest BCUT2D eigenvalue weighted by molar-refractivity contribution is 0.137. The maximum absolute atomic E-state index is 5.93. The van der Waals surface area contributed by atoms with E-state index in [0.29, 0.717) is 5.04 Å². The first kappa shape index (κ1) is 21.4. The summed E-state index contributed by atoms with van der Waals surface area (Å²) in [6, 6.07) is 1.33. The van der Waals surface area contributed by atoms with Gasteiger partial charge in [0.05, 0.1) is 0 Å². The minimum Gasteiger partial charge on any atom is -0.419 e. The zero-order valence-electron chi connectivity index (χ0n) is 17.2. The first-order chi connectivity index (χ1) is 10.4. The van der Waals surface area contributed by atoms with Gasteiger partial charge in [-0.1, -0.05) is 40.3 Å². The second-order valence-corrected chi connectivity index (χ2v) is 16.3. The molecule has 1 fully saturated rings. The number of rotatable bonds is 7. The minimum atomic E-state index is -1.30. The second-order valence-electron chi connectivity index (χ2n) is 9.66. The molecule has 0 spiro atoms. The second kappa shape index (κ2) is 8.61. The summed E-state index contributed by atoms with van der Waals surface area (Å²) in [7, 11) is -1.61. The van der Waals surface area contributed by atoms with E-state index in [1.54, 1.807) is 0 Å². The molecule has 0 aliphatic carbocycles. The molecule has 0 aromatic rings. The molecular weight excluding hydrogens is 316 g/mol. The van der Waals surface area contributed by atoms with E-state index in [9.17, 15) is 0 Å². The molecule has 138 valence electrons. The van der Waals surface area contributed by atoms with Gasteiger partial charge in [-0.25, -0.2) is 0 Å². The third-order valence-corrected chi connectivity index (χ3v) is 13.2. The molecule has 0 bridgehead atoms. The Bertz CT molecular complexity index is 340. The summed E-state index contributed by atoms with van der Waals surface area (Å²) < 4.78 is 8.75. The molecule has 0 aromatic carbocycles.